The van der Waals surface area contributed by atoms with E-state index >= 15 is 0 Å². The van der Waals surface area contributed by atoms with Crippen LogP contribution in [0.3, 0.4) is 0 Å². The Bertz CT molecular complexity index is 2490. The summed E-state index contributed by atoms with van der Waals surface area (Å²) < 4.78 is 52.6. The standard InChI is InChI=1S/C46H33N/c1-4-12-34(13-5-1)36-20-27-41(28-21-36)47(42-29-22-37(23-30-42)35-14-6-2-7-15-35)43-31-24-39(25-32-43)45-33-26-38-16-10-11-19-44(38)46(45)40-17-8-3-9-18-40/h1-33H/i10D,11D,16D,19D,26D,33D. The highest BCUT2D eigenvalue weighted by Crippen LogP contribution is 2.41. The van der Waals surface area contributed by atoms with E-state index in [1.165, 1.54) is 0 Å². The number of anilines is 3. The van der Waals surface area contributed by atoms with Gasteiger partial charge in [0.2, 0.25) is 0 Å². The lowest BCUT2D eigenvalue weighted by Crippen LogP contribution is -2.09. The number of rotatable bonds is 7. The minimum atomic E-state index is -0.416. The molecule has 0 amide bonds. The molecule has 1 nitrogen and oxygen atoms in total. The molecular formula is C46H33N. The molecule has 0 aliphatic rings. The Morgan fingerprint density at radius 3 is 1.23 bits per heavy atom. The molecule has 0 atom stereocenters. The fourth-order valence-electron chi connectivity index (χ4n) is 6.11. The third kappa shape index (κ3) is 5.72. The molecule has 0 saturated heterocycles. The van der Waals surface area contributed by atoms with E-state index in [4.69, 9.17) is 6.85 Å². The molecule has 0 unspecified atom stereocenters. The number of nitrogens with zero attached hydrogens (tertiary/aromatic N) is 1. The molecular weight excluding hydrogens is 567 g/mol. The third-order valence-electron chi connectivity index (χ3n) is 8.44. The van der Waals surface area contributed by atoms with Gasteiger partial charge in [0.25, 0.3) is 0 Å². The number of benzene rings is 8. The lowest BCUT2D eigenvalue weighted by Gasteiger charge is -2.26. The highest BCUT2D eigenvalue weighted by Gasteiger charge is 2.16. The van der Waals surface area contributed by atoms with E-state index in [-0.39, 0.29) is 41.0 Å². The van der Waals surface area contributed by atoms with Crippen molar-refractivity contribution in [1.82, 2.24) is 0 Å². The van der Waals surface area contributed by atoms with Gasteiger partial charge in [-0.2, -0.15) is 0 Å². The maximum Gasteiger partial charge on any atom is 0.0630 e. The molecule has 8 rings (SSSR count). The van der Waals surface area contributed by atoms with Crippen LogP contribution in [0.4, 0.5) is 17.1 Å². The van der Waals surface area contributed by atoms with Crippen molar-refractivity contribution in [3.05, 3.63) is 200 Å². The number of hydrogen-bond donors (Lipinski definition) is 0. The Morgan fingerprint density at radius 1 is 0.340 bits per heavy atom. The van der Waals surface area contributed by atoms with Crippen molar-refractivity contribution in [2.75, 3.05) is 4.90 Å². The van der Waals surface area contributed by atoms with Crippen LogP contribution in [0.1, 0.15) is 8.22 Å². The van der Waals surface area contributed by atoms with Gasteiger partial charge >= 0.3 is 0 Å². The van der Waals surface area contributed by atoms with Crippen molar-refractivity contribution in [3.8, 4) is 44.5 Å². The van der Waals surface area contributed by atoms with E-state index in [0.717, 1.165) is 39.3 Å². The second-order valence-corrected chi connectivity index (χ2v) is 11.3. The van der Waals surface area contributed by atoms with Gasteiger partial charge in [0.05, 0.1) is 8.22 Å². The zero-order valence-corrected chi connectivity index (χ0v) is 25.5. The van der Waals surface area contributed by atoms with Gasteiger partial charge < -0.3 is 4.90 Å². The maximum absolute atomic E-state index is 9.24. The first-order valence-corrected chi connectivity index (χ1v) is 15.6. The summed E-state index contributed by atoms with van der Waals surface area (Å²) >= 11 is 0. The fraction of sp³-hybridized carbons (Fsp3) is 0. The fourth-order valence-corrected chi connectivity index (χ4v) is 6.11. The van der Waals surface area contributed by atoms with Crippen LogP contribution in [0, 0.1) is 0 Å². The molecule has 0 bridgehead atoms. The zero-order chi connectivity index (χ0) is 36.6. The molecule has 1 heteroatoms. The summed E-state index contributed by atoms with van der Waals surface area (Å²) in [6, 6.07) is 53.0. The SMILES string of the molecule is [2H]c1c([2H])c([2H])c2c(-c3ccccc3)c(-c3ccc(N(c4ccc(-c5ccccc5)cc4)c4ccc(-c5ccccc5)cc4)cc3)c([2H])c([2H])c2c1[2H]. The Balaban J connectivity index is 1.28. The summed E-state index contributed by atoms with van der Waals surface area (Å²) in [4.78, 5) is 2.18. The molecule has 0 aliphatic heterocycles. The van der Waals surface area contributed by atoms with Gasteiger partial charge in [-0.25, -0.2) is 0 Å². The average Bonchev–Trinajstić information content (AvgIpc) is 3.22. The minimum Gasteiger partial charge on any atom is -0.311 e. The van der Waals surface area contributed by atoms with E-state index in [9.17, 15) is 1.37 Å². The van der Waals surface area contributed by atoms with Crippen molar-refractivity contribution in [2.45, 2.75) is 0 Å². The first kappa shape index (κ1) is 22.3. The van der Waals surface area contributed by atoms with Crippen molar-refractivity contribution < 1.29 is 8.22 Å². The molecule has 8 aromatic rings. The molecule has 0 aromatic heterocycles. The van der Waals surface area contributed by atoms with Gasteiger partial charge in [-0.05, 0) is 91.7 Å². The van der Waals surface area contributed by atoms with Crippen LogP contribution in [-0.4, -0.2) is 0 Å². The van der Waals surface area contributed by atoms with E-state index in [1.807, 2.05) is 91.0 Å². The summed E-state index contributed by atoms with van der Waals surface area (Å²) in [6.45, 7) is 0. The molecule has 0 aliphatic carbocycles. The molecule has 8 aromatic carbocycles. The third-order valence-corrected chi connectivity index (χ3v) is 8.44. The molecule has 0 heterocycles. The highest BCUT2D eigenvalue weighted by atomic mass is 15.1. The summed E-state index contributed by atoms with van der Waals surface area (Å²) in [7, 11) is 0. The second-order valence-electron chi connectivity index (χ2n) is 11.3. The highest BCUT2D eigenvalue weighted by molar-refractivity contribution is 6.04. The Labute approximate surface area is 285 Å². The van der Waals surface area contributed by atoms with Crippen molar-refractivity contribution >= 4 is 27.8 Å². The predicted molar refractivity (Wildman–Crippen MR) is 200 cm³/mol. The maximum atomic E-state index is 9.24. The number of fused-ring (bicyclic) bond motifs is 1. The first-order valence-electron chi connectivity index (χ1n) is 18.6. The van der Waals surface area contributed by atoms with Gasteiger partial charge in [0.1, 0.15) is 0 Å². The summed E-state index contributed by atoms with van der Waals surface area (Å²) in [5.74, 6) is 0. The van der Waals surface area contributed by atoms with Crippen molar-refractivity contribution in [2.24, 2.45) is 0 Å². The van der Waals surface area contributed by atoms with Crippen LogP contribution in [0.5, 0.6) is 0 Å². The number of hydrogen-bond acceptors (Lipinski definition) is 1. The van der Waals surface area contributed by atoms with E-state index in [1.54, 1.807) is 0 Å². The van der Waals surface area contributed by atoms with Crippen LogP contribution in [-0.2, 0) is 0 Å². The summed E-state index contributed by atoms with van der Waals surface area (Å²) in [5.41, 5.74) is 9.62. The van der Waals surface area contributed by atoms with Crippen molar-refractivity contribution in [3.63, 3.8) is 0 Å². The first-order chi connectivity index (χ1) is 25.8. The van der Waals surface area contributed by atoms with E-state index in [2.05, 4.69) is 77.7 Å². The van der Waals surface area contributed by atoms with Crippen molar-refractivity contribution in [1.29, 1.82) is 0 Å². The van der Waals surface area contributed by atoms with Crippen LogP contribution in [0.15, 0.2) is 200 Å². The van der Waals surface area contributed by atoms with Gasteiger partial charge in [-0.1, -0.05) is 164 Å². The van der Waals surface area contributed by atoms with Crippen LogP contribution in [0.25, 0.3) is 55.3 Å². The lowest BCUT2D eigenvalue weighted by molar-refractivity contribution is 1.28. The molecule has 0 spiro atoms. The Kier molecular flexibility index (Phi) is 6.02. The second kappa shape index (κ2) is 12.7. The normalized spacial score (nSPS) is 12.8. The minimum absolute atomic E-state index is 0.0456. The molecule has 0 fully saturated rings. The van der Waals surface area contributed by atoms with E-state index in [0.29, 0.717) is 22.3 Å². The topological polar surface area (TPSA) is 3.24 Å². The largest absolute Gasteiger partial charge is 0.311 e. The molecule has 0 radical (unpaired) electrons. The molecule has 47 heavy (non-hydrogen) atoms. The average molecular weight is 606 g/mol. The van der Waals surface area contributed by atoms with Crippen LogP contribution >= 0.6 is 0 Å². The van der Waals surface area contributed by atoms with E-state index < -0.39 is 6.04 Å². The Morgan fingerprint density at radius 2 is 0.745 bits per heavy atom. The van der Waals surface area contributed by atoms with Gasteiger partial charge in [0.15, 0.2) is 0 Å². The van der Waals surface area contributed by atoms with Crippen LogP contribution in [0.2, 0.25) is 0 Å². The molecule has 222 valence electrons. The monoisotopic (exact) mass is 605 g/mol. The zero-order valence-electron chi connectivity index (χ0n) is 31.5. The predicted octanol–water partition coefficient (Wildman–Crippen LogP) is 13.0. The quantitative estimate of drug-likeness (QED) is 0.175. The summed E-state index contributed by atoms with van der Waals surface area (Å²) in [6.07, 6.45) is 0. The molecule has 0 N–H and O–H groups in total. The van der Waals surface area contributed by atoms with Gasteiger partial charge in [-0.3, -0.25) is 0 Å². The lowest BCUT2D eigenvalue weighted by atomic mass is 9.90. The Hall–Kier alpha value is -6.18. The van der Waals surface area contributed by atoms with Gasteiger partial charge in [0, 0.05) is 17.1 Å². The van der Waals surface area contributed by atoms with Crippen LogP contribution < -0.4 is 4.90 Å². The summed E-state index contributed by atoms with van der Waals surface area (Å²) in [5, 5.41) is 0.283. The molecule has 0 saturated carbocycles. The smallest absolute Gasteiger partial charge is 0.0630 e. The van der Waals surface area contributed by atoms with Gasteiger partial charge in [-0.15, -0.1) is 0 Å².